The summed E-state index contributed by atoms with van der Waals surface area (Å²) in [5.74, 6) is 0.779. The summed E-state index contributed by atoms with van der Waals surface area (Å²) in [6.07, 6.45) is 1.54. The van der Waals surface area contributed by atoms with Crippen LogP contribution in [-0.2, 0) is 6.61 Å². The fourth-order valence-electron chi connectivity index (χ4n) is 5.66. The third kappa shape index (κ3) is 6.34. The summed E-state index contributed by atoms with van der Waals surface area (Å²) in [4.78, 5) is 14.9. The highest BCUT2D eigenvalue weighted by molar-refractivity contribution is 5.92. The van der Waals surface area contributed by atoms with Crippen molar-refractivity contribution in [3.63, 3.8) is 0 Å². The Labute approximate surface area is 258 Å². The van der Waals surface area contributed by atoms with Gasteiger partial charge >= 0.3 is 6.09 Å². The van der Waals surface area contributed by atoms with Crippen LogP contribution in [0.5, 0.6) is 17.2 Å². The van der Waals surface area contributed by atoms with Gasteiger partial charge in [-0.2, -0.15) is 0 Å². The van der Waals surface area contributed by atoms with E-state index in [0.717, 1.165) is 39.1 Å². The van der Waals surface area contributed by atoms with Gasteiger partial charge in [-0.05, 0) is 80.8 Å². The Kier molecular flexibility index (Phi) is 8.54. The van der Waals surface area contributed by atoms with Gasteiger partial charge in [0.1, 0.15) is 18.2 Å². The number of fused-ring (bicyclic) bond motifs is 1. The SMILES string of the molecule is COc1c(-c2ccc3c(c2COc2cc(F)ccc2C)C(C)=CC(C)(C)N3)ccc(N(C)C)c1OC(=O)Nc1ccccc1. The van der Waals surface area contributed by atoms with Crippen molar-refractivity contribution in [3.05, 3.63) is 101 Å². The van der Waals surface area contributed by atoms with Crippen molar-refractivity contribution in [3.8, 4) is 28.4 Å². The van der Waals surface area contributed by atoms with Crippen LogP contribution in [0.15, 0.2) is 78.9 Å². The molecular formula is C36H38FN3O4. The molecule has 1 aliphatic rings. The normalized spacial score (nSPS) is 13.2. The molecule has 0 unspecified atom stereocenters. The number of aryl methyl sites for hydroxylation is 1. The summed E-state index contributed by atoms with van der Waals surface area (Å²) in [5.41, 5.74) is 7.36. The number of allylic oxidation sites excluding steroid dienone is 1. The van der Waals surface area contributed by atoms with Gasteiger partial charge in [0.2, 0.25) is 0 Å². The standard InChI is InChI=1S/C36H38FN3O4/c1-22-13-14-24(37)19-31(22)43-21-28-26(15-17-29-32(28)23(2)20-36(3,4)39-29)27-16-18-30(40(5)6)34(33(27)42-7)44-35(41)38-25-11-9-8-10-12-25/h8-20,39H,21H2,1-7H3,(H,38,41). The number of halogens is 1. The van der Waals surface area contributed by atoms with Crippen molar-refractivity contribution < 1.29 is 23.4 Å². The highest BCUT2D eigenvalue weighted by atomic mass is 19.1. The van der Waals surface area contributed by atoms with Gasteiger partial charge < -0.3 is 24.4 Å². The average molecular weight is 596 g/mol. The maximum atomic E-state index is 14.2. The predicted octanol–water partition coefficient (Wildman–Crippen LogP) is 8.67. The summed E-state index contributed by atoms with van der Waals surface area (Å²) in [6, 6.07) is 21.5. The molecule has 0 atom stereocenters. The Morgan fingerprint density at radius 3 is 2.39 bits per heavy atom. The zero-order valence-corrected chi connectivity index (χ0v) is 26.2. The predicted molar refractivity (Wildman–Crippen MR) is 176 cm³/mol. The number of hydrogen-bond acceptors (Lipinski definition) is 6. The molecule has 1 heterocycles. The quantitative estimate of drug-likeness (QED) is 0.212. The molecule has 1 aliphatic heterocycles. The number of amides is 1. The maximum Gasteiger partial charge on any atom is 0.417 e. The monoisotopic (exact) mass is 595 g/mol. The number of ether oxygens (including phenoxy) is 3. The molecule has 0 saturated carbocycles. The first-order valence-corrected chi connectivity index (χ1v) is 14.4. The lowest BCUT2D eigenvalue weighted by molar-refractivity contribution is 0.213. The zero-order chi connectivity index (χ0) is 31.6. The highest BCUT2D eigenvalue weighted by Gasteiger charge is 2.29. The molecule has 1 amide bonds. The Balaban J connectivity index is 1.65. The topological polar surface area (TPSA) is 72.1 Å². The number of nitrogens with zero attached hydrogens (tertiary/aromatic N) is 1. The molecule has 0 bridgehead atoms. The summed E-state index contributed by atoms with van der Waals surface area (Å²) in [7, 11) is 5.30. The fraction of sp³-hybridized carbons (Fsp3) is 0.250. The van der Waals surface area contributed by atoms with Crippen LogP contribution in [0.2, 0.25) is 0 Å². The second kappa shape index (κ2) is 12.3. The highest BCUT2D eigenvalue weighted by Crippen LogP contribution is 2.48. The molecule has 0 aromatic heterocycles. The van der Waals surface area contributed by atoms with Crippen molar-refractivity contribution >= 4 is 28.7 Å². The van der Waals surface area contributed by atoms with E-state index in [-0.39, 0.29) is 23.7 Å². The van der Waals surface area contributed by atoms with Crippen molar-refractivity contribution in [2.24, 2.45) is 0 Å². The number of methoxy groups -OCH3 is 1. The van der Waals surface area contributed by atoms with Gasteiger partial charge in [0.15, 0.2) is 11.5 Å². The molecule has 44 heavy (non-hydrogen) atoms. The van der Waals surface area contributed by atoms with E-state index in [9.17, 15) is 9.18 Å². The minimum Gasteiger partial charge on any atom is -0.492 e. The van der Waals surface area contributed by atoms with Crippen LogP contribution in [-0.4, -0.2) is 32.8 Å². The van der Waals surface area contributed by atoms with Crippen LogP contribution in [0, 0.1) is 12.7 Å². The van der Waals surface area contributed by atoms with Crippen LogP contribution in [0.25, 0.3) is 16.7 Å². The summed E-state index contributed by atoms with van der Waals surface area (Å²) < 4.78 is 32.4. The maximum absolute atomic E-state index is 14.2. The van der Waals surface area contributed by atoms with Crippen LogP contribution in [0.1, 0.15) is 37.5 Å². The molecule has 228 valence electrons. The number of para-hydroxylation sites is 1. The molecule has 4 aromatic carbocycles. The number of nitrogens with one attached hydrogen (secondary N) is 2. The Morgan fingerprint density at radius 1 is 0.955 bits per heavy atom. The number of anilines is 3. The first-order valence-electron chi connectivity index (χ1n) is 14.4. The van der Waals surface area contributed by atoms with Crippen LogP contribution in [0.4, 0.5) is 26.2 Å². The van der Waals surface area contributed by atoms with E-state index in [0.29, 0.717) is 22.9 Å². The van der Waals surface area contributed by atoms with Crippen molar-refractivity contribution in [1.82, 2.24) is 0 Å². The number of rotatable bonds is 8. The number of carbonyl (C=O) groups excluding carboxylic acids is 1. The molecule has 8 heteroatoms. The van der Waals surface area contributed by atoms with E-state index >= 15 is 0 Å². The number of benzene rings is 4. The van der Waals surface area contributed by atoms with E-state index in [1.54, 1.807) is 25.3 Å². The van der Waals surface area contributed by atoms with Crippen LogP contribution >= 0.6 is 0 Å². The first-order chi connectivity index (χ1) is 21.0. The van der Waals surface area contributed by atoms with Crippen molar-refractivity contribution in [2.45, 2.75) is 39.8 Å². The minimum atomic E-state index is -0.643. The molecule has 4 aromatic rings. The van der Waals surface area contributed by atoms with Gasteiger partial charge in [-0.3, -0.25) is 5.32 Å². The van der Waals surface area contributed by atoms with Gasteiger partial charge in [0, 0.05) is 48.2 Å². The molecule has 2 N–H and O–H groups in total. The largest absolute Gasteiger partial charge is 0.492 e. The minimum absolute atomic E-state index is 0.166. The Morgan fingerprint density at radius 2 is 1.68 bits per heavy atom. The summed E-state index contributed by atoms with van der Waals surface area (Å²) in [6.45, 7) is 8.37. The van der Waals surface area contributed by atoms with E-state index in [4.69, 9.17) is 14.2 Å². The lowest BCUT2D eigenvalue weighted by atomic mass is 9.85. The molecule has 0 aliphatic carbocycles. The zero-order valence-electron chi connectivity index (χ0n) is 26.2. The van der Waals surface area contributed by atoms with Gasteiger partial charge in [-0.15, -0.1) is 0 Å². The summed E-state index contributed by atoms with van der Waals surface area (Å²) >= 11 is 0. The van der Waals surface area contributed by atoms with Gasteiger partial charge in [-0.25, -0.2) is 9.18 Å². The molecule has 0 spiro atoms. The number of carbonyl (C=O) groups is 1. The van der Waals surface area contributed by atoms with Crippen molar-refractivity contribution in [2.75, 3.05) is 36.7 Å². The Hall–Kier alpha value is -4.98. The average Bonchev–Trinajstić information content (AvgIpc) is 2.96. The second-order valence-corrected chi connectivity index (χ2v) is 11.7. The van der Waals surface area contributed by atoms with E-state index in [1.807, 2.05) is 68.4 Å². The summed E-state index contributed by atoms with van der Waals surface area (Å²) in [5, 5.41) is 6.39. The smallest absolute Gasteiger partial charge is 0.417 e. The van der Waals surface area contributed by atoms with E-state index < -0.39 is 6.09 Å². The number of hydrogen-bond donors (Lipinski definition) is 2. The molecule has 7 nitrogen and oxygen atoms in total. The van der Waals surface area contributed by atoms with E-state index in [2.05, 4.69) is 37.5 Å². The first kappa shape index (κ1) is 30.5. The van der Waals surface area contributed by atoms with Crippen molar-refractivity contribution in [1.29, 1.82) is 0 Å². The van der Waals surface area contributed by atoms with Crippen LogP contribution in [0.3, 0.4) is 0 Å². The lowest BCUT2D eigenvalue weighted by Gasteiger charge is -2.33. The Bertz CT molecular complexity index is 1730. The third-order valence-corrected chi connectivity index (χ3v) is 7.55. The molecular weight excluding hydrogens is 557 g/mol. The van der Waals surface area contributed by atoms with Gasteiger partial charge in [-0.1, -0.05) is 36.4 Å². The molecule has 0 saturated heterocycles. The lowest BCUT2D eigenvalue weighted by Crippen LogP contribution is -2.32. The molecule has 5 rings (SSSR count). The molecule has 0 fully saturated rings. The van der Waals surface area contributed by atoms with Gasteiger partial charge in [0.25, 0.3) is 0 Å². The third-order valence-electron chi connectivity index (χ3n) is 7.55. The van der Waals surface area contributed by atoms with Gasteiger partial charge in [0.05, 0.1) is 18.3 Å². The van der Waals surface area contributed by atoms with Crippen LogP contribution < -0.4 is 29.7 Å². The molecule has 0 radical (unpaired) electrons. The fourth-order valence-corrected chi connectivity index (χ4v) is 5.66. The van der Waals surface area contributed by atoms with E-state index in [1.165, 1.54) is 12.1 Å². The second-order valence-electron chi connectivity index (χ2n) is 11.7.